The summed E-state index contributed by atoms with van der Waals surface area (Å²) < 4.78 is 0. The number of hydrogen-bond acceptors (Lipinski definition) is 9. The van der Waals surface area contributed by atoms with Crippen molar-refractivity contribution in [1.29, 1.82) is 0 Å². The van der Waals surface area contributed by atoms with E-state index in [4.69, 9.17) is 11.5 Å². The Kier molecular flexibility index (Phi) is 13.6. The summed E-state index contributed by atoms with van der Waals surface area (Å²) in [6.45, 7) is 7.67. The van der Waals surface area contributed by atoms with E-state index in [9.17, 15) is 43.8 Å². The van der Waals surface area contributed by atoms with Gasteiger partial charge in [0, 0.05) is 6.54 Å². The number of primary amides is 1. The minimum absolute atomic E-state index is 0.303. The van der Waals surface area contributed by atoms with Crippen LogP contribution in [0.25, 0.3) is 0 Å². The van der Waals surface area contributed by atoms with Crippen LogP contribution in [-0.4, -0.2) is 105 Å². The molecule has 0 aromatic carbocycles. The van der Waals surface area contributed by atoms with Crippen molar-refractivity contribution in [3.8, 4) is 0 Å². The van der Waals surface area contributed by atoms with Gasteiger partial charge in [0.25, 0.3) is 0 Å². The molecule has 16 heteroatoms. The van der Waals surface area contributed by atoms with Gasteiger partial charge >= 0.3 is 5.97 Å². The Morgan fingerprint density at radius 1 is 0.902 bits per heavy atom. The number of carboxylic acid groups (broad SMARTS) is 1. The number of hydrogen-bond donors (Lipinski definition) is 8. The van der Waals surface area contributed by atoms with Gasteiger partial charge in [-0.15, -0.1) is 0 Å². The molecule has 1 heterocycles. The van der Waals surface area contributed by atoms with Crippen LogP contribution in [0.5, 0.6) is 0 Å². The number of rotatable bonds is 15. The number of carboxylic acids is 1. The summed E-state index contributed by atoms with van der Waals surface area (Å²) in [5.74, 6) is -6.52. The van der Waals surface area contributed by atoms with Crippen LogP contribution < -0.4 is 32.7 Å². The van der Waals surface area contributed by atoms with E-state index in [0.717, 1.165) is 0 Å². The van der Waals surface area contributed by atoms with Crippen LogP contribution in [0.1, 0.15) is 60.3 Å². The Balaban J connectivity index is 2.97. The summed E-state index contributed by atoms with van der Waals surface area (Å²) >= 11 is 0. The maximum atomic E-state index is 13.0. The SMILES string of the molecule is CC[C@H](C)[C@H](NC(=O)[C@H](C)NC(=O)[C@H](CC(N)=O)NC(=O)[C@@H]1CCCN1C(=O)[C@H](C)N)C(=O)N[C@H](C(=O)O)[C@@H](C)O. The average molecular weight is 586 g/mol. The third-order valence-electron chi connectivity index (χ3n) is 6.86. The van der Waals surface area contributed by atoms with Gasteiger partial charge in [-0.25, -0.2) is 4.79 Å². The molecule has 6 amide bonds. The largest absolute Gasteiger partial charge is 0.480 e. The van der Waals surface area contributed by atoms with Gasteiger partial charge in [-0.1, -0.05) is 20.3 Å². The highest BCUT2D eigenvalue weighted by molar-refractivity contribution is 5.97. The van der Waals surface area contributed by atoms with Crippen molar-refractivity contribution in [2.24, 2.45) is 17.4 Å². The summed E-state index contributed by atoms with van der Waals surface area (Å²) in [6, 6.07) is -7.27. The molecule has 232 valence electrons. The summed E-state index contributed by atoms with van der Waals surface area (Å²) in [7, 11) is 0. The zero-order valence-electron chi connectivity index (χ0n) is 24.0. The zero-order valence-corrected chi connectivity index (χ0v) is 24.0. The Morgan fingerprint density at radius 2 is 1.49 bits per heavy atom. The maximum Gasteiger partial charge on any atom is 0.328 e. The number of nitrogens with one attached hydrogen (secondary N) is 4. The van der Waals surface area contributed by atoms with Crippen LogP contribution in [-0.2, 0) is 33.6 Å². The predicted molar refractivity (Wildman–Crippen MR) is 144 cm³/mol. The van der Waals surface area contributed by atoms with Crippen LogP contribution in [0, 0.1) is 5.92 Å². The fraction of sp³-hybridized carbons (Fsp3) is 0.720. The molecule has 0 aromatic heterocycles. The second-order valence-corrected chi connectivity index (χ2v) is 10.4. The van der Waals surface area contributed by atoms with Crippen LogP contribution in [0.15, 0.2) is 0 Å². The standard InChI is InChI=1S/C25H43N7O9/c1-6-11(2)18(23(38)31-19(14(5)33)25(40)41)30-20(35)13(4)28-21(36)15(10-17(27)34)29-22(37)16-8-7-9-32(16)24(39)12(3)26/h11-16,18-19,33H,6-10,26H2,1-5H3,(H2,27,34)(H,28,36)(H,29,37)(H,30,35)(H,31,38)(H,40,41)/t11-,12-,13-,14+,15-,16-,18-,19-/m0/s1. The molecule has 0 bridgehead atoms. The number of likely N-dealkylation sites (tertiary alicyclic amines) is 1. The van der Waals surface area contributed by atoms with E-state index in [2.05, 4.69) is 21.3 Å². The van der Waals surface area contributed by atoms with Crippen molar-refractivity contribution >= 4 is 41.4 Å². The molecule has 0 unspecified atom stereocenters. The first kappa shape index (κ1) is 35.2. The minimum Gasteiger partial charge on any atom is -0.480 e. The van der Waals surface area contributed by atoms with Crippen LogP contribution in [0.2, 0.25) is 0 Å². The van der Waals surface area contributed by atoms with Crippen molar-refractivity contribution in [3.63, 3.8) is 0 Å². The van der Waals surface area contributed by atoms with Gasteiger partial charge in [-0.3, -0.25) is 28.8 Å². The molecule has 10 N–H and O–H groups in total. The quantitative estimate of drug-likeness (QED) is 0.0947. The topological polar surface area (TPSA) is 263 Å². The second-order valence-electron chi connectivity index (χ2n) is 10.4. The van der Waals surface area contributed by atoms with Gasteiger partial charge in [-0.05, 0) is 39.5 Å². The number of amides is 6. The molecule has 1 aliphatic heterocycles. The molecule has 0 spiro atoms. The molecular formula is C25H43N7O9. The van der Waals surface area contributed by atoms with Crippen LogP contribution in [0.4, 0.5) is 0 Å². The maximum absolute atomic E-state index is 13.0. The fourth-order valence-corrected chi connectivity index (χ4v) is 4.23. The van der Waals surface area contributed by atoms with Crippen molar-refractivity contribution in [2.45, 2.75) is 103 Å². The number of nitrogens with zero attached hydrogens (tertiary/aromatic N) is 1. The Hall–Kier alpha value is -3.79. The molecule has 41 heavy (non-hydrogen) atoms. The lowest BCUT2D eigenvalue weighted by molar-refractivity contribution is -0.145. The molecule has 0 saturated carbocycles. The van der Waals surface area contributed by atoms with E-state index in [1.165, 1.54) is 25.7 Å². The average Bonchev–Trinajstić information content (AvgIpc) is 3.37. The first-order valence-electron chi connectivity index (χ1n) is 13.5. The van der Waals surface area contributed by atoms with Gasteiger partial charge in [-0.2, -0.15) is 0 Å². The second kappa shape index (κ2) is 15.9. The van der Waals surface area contributed by atoms with E-state index < -0.39 is 96.1 Å². The highest BCUT2D eigenvalue weighted by atomic mass is 16.4. The van der Waals surface area contributed by atoms with E-state index >= 15 is 0 Å². The Labute approximate surface area is 238 Å². The highest BCUT2D eigenvalue weighted by Gasteiger charge is 2.38. The molecule has 0 aromatic rings. The first-order chi connectivity index (χ1) is 19.0. The summed E-state index contributed by atoms with van der Waals surface area (Å²) in [5.41, 5.74) is 10.9. The third kappa shape index (κ3) is 10.3. The first-order valence-corrected chi connectivity index (χ1v) is 13.5. The number of aliphatic hydroxyl groups excluding tert-OH is 1. The summed E-state index contributed by atoms with van der Waals surface area (Å²) in [4.78, 5) is 88.4. The molecule has 1 fully saturated rings. The molecule has 0 radical (unpaired) electrons. The van der Waals surface area contributed by atoms with Crippen molar-refractivity contribution in [1.82, 2.24) is 26.2 Å². The molecule has 8 atom stereocenters. The minimum atomic E-state index is -1.61. The monoisotopic (exact) mass is 585 g/mol. The highest BCUT2D eigenvalue weighted by Crippen LogP contribution is 2.18. The fourth-order valence-electron chi connectivity index (χ4n) is 4.23. The van der Waals surface area contributed by atoms with Crippen molar-refractivity contribution in [3.05, 3.63) is 0 Å². The number of carbonyl (C=O) groups excluding carboxylic acids is 6. The van der Waals surface area contributed by atoms with E-state index in [-0.39, 0.29) is 0 Å². The van der Waals surface area contributed by atoms with Gasteiger partial charge < -0.3 is 47.8 Å². The summed E-state index contributed by atoms with van der Waals surface area (Å²) in [6.07, 6.45) is -0.718. The molecule has 16 nitrogen and oxygen atoms in total. The van der Waals surface area contributed by atoms with Gasteiger partial charge in [0.1, 0.15) is 24.2 Å². The van der Waals surface area contributed by atoms with Crippen LogP contribution >= 0.6 is 0 Å². The van der Waals surface area contributed by atoms with E-state index in [1.54, 1.807) is 13.8 Å². The number of carbonyl (C=O) groups is 7. The van der Waals surface area contributed by atoms with Gasteiger partial charge in [0.05, 0.1) is 18.6 Å². The lowest BCUT2D eigenvalue weighted by atomic mass is 9.97. The van der Waals surface area contributed by atoms with Gasteiger partial charge in [0.15, 0.2) is 6.04 Å². The molecule has 0 aliphatic carbocycles. The molecule has 1 rings (SSSR count). The van der Waals surface area contributed by atoms with E-state index in [0.29, 0.717) is 25.8 Å². The lowest BCUT2D eigenvalue weighted by Crippen LogP contribution is -2.60. The predicted octanol–water partition coefficient (Wildman–Crippen LogP) is -3.33. The number of nitrogens with two attached hydrogens (primary N) is 2. The molecule has 1 aliphatic rings. The zero-order chi connectivity index (χ0) is 31.6. The lowest BCUT2D eigenvalue weighted by Gasteiger charge is -2.28. The Morgan fingerprint density at radius 3 is 1.98 bits per heavy atom. The molecular weight excluding hydrogens is 542 g/mol. The van der Waals surface area contributed by atoms with Crippen molar-refractivity contribution < 1.29 is 43.8 Å². The molecule has 1 saturated heterocycles. The normalized spacial score (nSPS) is 19.9. The number of aliphatic hydroxyl groups is 1. The van der Waals surface area contributed by atoms with Crippen LogP contribution in [0.3, 0.4) is 0 Å². The van der Waals surface area contributed by atoms with Gasteiger partial charge in [0.2, 0.25) is 35.4 Å². The third-order valence-corrected chi connectivity index (χ3v) is 6.86. The van der Waals surface area contributed by atoms with Crippen molar-refractivity contribution in [2.75, 3.05) is 6.54 Å². The smallest absolute Gasteiger partial charge is 0.328 e. The van der Waals surface area contributed by atoms with E-state index in [1.807, 2.05) is 0 Å². The Bertz CT molecular complexity index is 1000. The summed E-state index contributed by atoms with van der Waals surface area (Å²) in [5, 5.41) is 28.4. The number of aliphatic carboxylic acids is 1.